The standard InChI is InChI=1S/C7H4FNO3/c8-5-4(3-10)1-2-9-6(5)7(11)12/h1-3H,(H,11,12). The first-order valence-electron chi connectivity index (χ1n) is 2.99. The van der Waals surface area contributed by atoms with E-state index in [1.807, 2.05) is 0 Å². The molecule has 1 aromatic rings. The molecule has 1 rings (SSSR count). The van der Waals surface area contributed by atoms with Gasteiger partial charge in [0, 0.05) is 6.20 Å². The van der Waals surface area contributed by atoms with Crippen LogP contribution in [0.3, 0.4) is 0 Å². The van der Waals surface area contributed by atoms with Crippen LogP contribution in [0.1, 0.15) is 20.8 Å². The number of aromatic nitrogens is 1. The van der Waals surface area contributed by atoms with Crippen LogP contribution < -0.4 is 0 Å². The van der Waals surface area contributed by atoms with E-state index in [-0.39, 0.29) is 11.8 Å². The van der Waals surface area contributed by atoms with E-state index in [0.717, 1.165) is 12.3 Å². The summed E-state index contributed by atoms with van der Waals surface area (Å²) in [6.07, 6.45) is 1.31. The highest BCUT2D eigenvalue weighted by Crippen LogP contribution is 2.07. The Morgan fingerprint density at radius 2 is 2.33 bits per heavy atom. The fourth-order valence-electron chi connectivity index (χ4n) is 0.699. The van der Waals surface area contributed by atoms with Crippen molar-refractivity contribution in [2.75, 3.05) is 0 Å². The lowest BCUT2D eigenvalue weighted by Crippen LogP contribution is -2.06. The molecule has 12 heavy (non-hydrogen) atoms. The minimum absolute atomic E-state index is 0.240. The molecule has 0 saturated heterocycles. The topological polar surface area (TPSA) is 67.3 Å². The molecule has 4 nitrogen and oxygen atoms in total. The molecular formula is C7H4FNO3. The minimum Gasteiger partial charge on any atom is -0.476 e. The largest absolute Gasteiger partial charge is 0.476 e. The molecule has 0 unspecified atom stereocenters. The van der Waals surface area contributed by atoms with E-state index < -0.39 is 17.5 Å². The molecule has 0 saturated carbocycles. The molecule has 0 amide bonds. The van der Waals surface area contributed by atoms with Crippen molar-refractivity contribution in [1.29, 1.82) is 0 Å². The summed E-state index contributed by atoms with van der Waals surface area (Å²) in [5.41, 5.74) is -1.04. The zero-order chi connectivity index (χ0) is 9.14. The lowest BCUT2D eigenvalue weighted by Gasteiger charge is -1.96. The Bertz CT molecular complexity index is 337. The van der Waals surface area contributed by atoms with Gasteiger partial charge in [-0.05, 0) is 6.07 Å². The number of rotatable bonds is 2. The van der Waals surface area contributed by atoms with Crippen LogP contribution in [-0.2, 0) is 0 Å². The molecule has 1 aromatic heterocycles. The van der Waals surface area contributed by atoms with E-state index in [9.17, 15) is 14.0 Å². The van der Waals surface area contributed by atoms with Crippen LogP contribution in [-0.4, -0.2) is 22.3 Å². The molecule has 0 aliphatic heterocycles. The maximum atomic E-state index is 12.8. The average Bonchev–Trinajstić information content (AvgIpc) is 2.04. The number of pyridine rings is 1. The van der Waals surface area contributed by atoms with Gasteiger partial charge >= 0.3 is 5.97 Å². The third-order valence-electron chi connectivity index (χ3n) is 1.25. The number of halogens is 1. The second kappa shape index (κ2) is 3.08. The van der Waals surface area contributed by atoms with Crippen LogP contribution in [0.5, 0.6) is 0 Å². The van der Waals surface area contributed by atoms with Crippen LogP contribution in [0.25, 0.3) is 0 Å². The number of carboxylic acids is 1. The van der Waals surface area contributed by atoms with Gasteiger partial charge in [-0.2, -0.15) is 0 Å². The number of carbonyl (C=O) groups excluding carboxylic acids is 1. The first-order chi connectivity index (χ1) is 5.66. The summed E-state index contributed by atoms with van der Waals surface area (Å²) >= 11 is 0. The van der Waals surface area contributed by atoms with Gasteiger partial charge in [0.2, 0.25) is 0 Å². The summed E-state index contributed by atoms with van der Waals surface area (Å²) in [6, 6.07) is 1.11. The summed E-state index contributed by atoms with van der Waals surface area (Å²) < 4.78 is 12.8. The zero-order valence-electron chi connectivity index (χ0n) is 5.82. The van der Waals surface area contributed by atoms with Crippen LogP contribution in [0.2, 0.25) is 0 Å². The van der Waals surface area contributed by atoms with Crippen molar-refractivity contribution < 1.29 is 19.1 Å². The number of hydrogen-bond donors (Lipinski definition) is 1. The smallest absolute Gasteiger partial charge is 0.357 e. The molecule has 62 valence electrons. The molecule has 5 heteroatoms. The molecule has 0 atom stereocenters. The quantitative estimate of drug-likeness (QED) is 0.662. The Hall–Kier alpha value is -1.78. The number of carboxylic acid groups (broad SMARTS) is 1. The van der Waals surface area contributed by atoms with Gasteiger partial charge in [-0.15, -0.1) is 0 Å². The molecule has 0 aromatic carbocycles. The number of carbonyl (C=O) groups is 2. The molecule has 1 heterocycles. The Kier molecular flexibility index (Phi) is 2.14. The van der Waals surface area contributed by atoms with Crippen LogP contribution in [0, 0.1) is 5.82 Å². The third-order valence-corrected chi connectivity index (χ3v) is 1.25. The SMILES string of the molecule is O=Cc1ccnc(C(=O)O)c1F. The molecule has 0 bridgehead atoms. The molecule has 0 spiro atoms. The van der Waals surface area contributed by atoms with Crippen molar-refractivity contribution in [2.45, 2.75) is 0 Å². The van der Waals surface area contributed by atoms with Gasteiger partial charge in [-0.3, -0.25) is 4.79 Å². The minimum atomic E-state index is -1.49. The lowest BCUT2D eigenvalue weighted by molar-refractivity contribution is 0.0685. The highest BCUT2D eigenvalue weighted by molar-refractivity contribution is 5.88. The number of aldehydes is 1. The highest BCUT2D eigenvalue weighted by atomic mass is 19.1. The Morgan fingerprint density at radius 1 is 1.67 bits per heavy atom. The Labute approximate surface area is 66.7 Å². The van der Waals surface area contributed by atoms with Crippen molar-refractivity contribution in [1.82, 2.24) is 4.98 Å². The number of nitrogens with zero attached hydrogens (tertiary/aromatic N) is 1. The first-order valence-corrected chi connectivity index (χ1v) is 2.99. The van der Waals surface area contributed by atoms with Crippen LogP contribution in [0.4, 0.5) is 4.39 Å². The van der Waals surface area contributed by atoms with Crippen molar-refractivity contribution >= 4 is 12.3 Å². The molecule has 0 aliphatic carbocycles. The van der Waals surface area contributed by atoms with Crippen molar-refractivity contribution in [3.8, 4) is 0 Å². The molecule has 0 radical (unpaired) electrons. The van der Waals surface area contributed by atoms with E-state index in [0.29, 0.717) is 0 Å². The molecule has 0 aliphatic rings. The summed E-state index contributed by atoms with van der Waals surface area (Å²) in [4.78, 5) is 23.7. The predicted molar refractivity (Wildman–Crippen MR) is 36.5 cm³/mol. The Balaban J connectivity index is 3.32. The van der Waals surface area contributed by atoms with Crippen LogP contribution >= 0.6 is 0 Å². The van der Waals surface area contributed by atoms with E-state index in [2.05, 4.69) is 4.98 Å². The normalized spacial score (nSPS) is 9.42. The first kappa shape index (κ1) is 8.32. The van der Waals surface area contributed by atoms with Crippen molar-refractivity contribution in [3.63, 3.8) is 0 Å². The van der Waals surface area contributed by atoms with E-state index >= 15 is 0 Å². The second-order valence-electron chi connectivity index (χ2n) is 1.99. The number of hydrogen-bond acceptors (Lipinski definition) is 3. The van der Waals surface area contributed by atoms with Crippen molar-refractivity contribution in [3.05, 3.63) is 29.3 Å². The van der Waals surface area contributed by atoms with Gasteiger partial charge in [0.15, 0.2) is 17.8 Å². The number of aromatic carboxylic acids is 1. The van der Waals surface area contributed by atoms with Gasteiger partial charge in [0.05, 0.1) is 5.56 Å². The molecule has 1 N–H and O–H groups in total. The lowest BCUT2D eigenvalue weighted by atomic mass is 10.2. The Morgan fingerprint density at radius 3 is 2.83 bits per heavy atom. The zero-order valence-corrected chi connectivity index (χ0v) is 5.82. The van der Waals surface area contributed by atoms with E-state index in [1.165, 1.54) is 0 Å². The van der Waals surface area contributed by atoms with Gasteiger partial charge in [-0.1, -0.05) is 0 Å². The van der Waals surface area contributed by atoms with Crippen LogP contribution in [0.15, 0.2) is 12.3 Å². The highest BCUT2D eigenvalue weighted by Gasteiger charge is 2.14. The fraction of sp³-hybridized carbons (Fsp3) is 0. The summed E-state index contributed by atoms with van der Waals surface area (Å²) in [6.45, 7) is 0. The van der Waals surface area contributed by atoms with E-state index in [1.54, 1.807) is 0 Å². The summed E-state index contributed by atoms with van der Waals surface area (Å²) in [5, 5.41) is 8.37. The summed E-state index contributed by atoms with van der Waals surface area (Å²) in [7, 11) is 0. The third kappa shape index (κ3) is 1.29. The summed E-state index contributed by atoms with van der Waals surface area (Å²) in [5.74, 6) is -2.59. The van der Waals surface area contributed by atoms with Gasteiger partial charge in [-0.25, -0.2) is 14.2 Å². The fourth-order valence-corrected chi connectivity index (χ4v) is 0.699. The predicted octanol–water partition coefficient (Wildman–Crippen LogP) is 0.731. The monoisotopic (exact) mass is 169 g/mol. The maximum Gasteiger partial charge on any atom is 0.357 e. The van der Waals surface area contributed by atoms with Gasteiger partial charge < -0.3 is 5.11 Å². The molecular weight excluding hydrogens is 165 g/mol. The second-order valence-corrected chi connectivity index (χ2v) is 1.99. The van der Waals surface area contributed by atoms with E-state index in [4.69, 9.17) is 5.11 Å². The van der Waals surface area contributed by atoms with Gasteiger partial charge in [0.1, 0.15) is 0 Å². The molecule has 0 fully saturated rings. The average molecular weight is 169 g/mol. The maximum absolute atomic E-state index is 12.8. The van der Waals surface area contributed by atoms with Gasteiger partial charge in [0.25, 0.3) is 0 Å². The van der Waals surface area contributed by atoms with Crippen molar-refractivity contribution in [2.24, 2.45) is 0 Å².